The van der Waals surface area contributed by atoms with Gasteiger partial charge in [0.05, 0.1) is 16.3 Å². The van der Waals surface area contributed by atoms with Crippen molar-refractivity contribution in [1.29, 1.82) is 0 Å². The molecule has 114 valence electrons. The van der Waals surface area contributed by atoms with Gasteiger partial charge in [-0.3, -0.25) is 4.79 Å². The highest BCUT2D eigenvalue weighted by Gasteiger charge is 2.18. The molecule has 1 aliphatic rings. The van der Waals surface area contributed by atoms with Crippen LogP contribution in [-0.2, 0) is 0 Å². The summed E-state index contributed by atoms with van der Waals surface area (Å²) in [5.41, 5.74) is 0.694. The van der Waals surface area contributed by atoms with Crippen molar-refractivity contribution in [2.75, 3.05) is 18.5 Å². The van der Waals surface area contributed by atoms with E-state index in [1.807, 2.05) is 0 Å². The minimum absolute atomic E-state index is 0.298. The summed E-state index contributed by atoms with van der Waals surface area (Å²) in [7, 11) is 0. The minimum atomic E-state index is -0.430. The molecule has 1 aliphatic heterocycles. The van der Waals surface area contributed by atoms with E-state index in [0.717, 1.165) is 0 Å². The molecule has 0 fully saturated rings. The van der Waals surface area contributed by atoms with Gasteiger partial charge in [-0.25, -0.2) is 4.39 Å². The van der Waals surface area contributed by atoms with Gasteiger partial charge >= 0.3 is 0 Å². The number of fused-ring (bicyclic) bond motifs is 1. The smallest absolute Gasteiger partial charge is 0.256 e. The summed E-state index contributed by atoms with van der Waals surface area (Å²) in [6, 6.07) is 7.02. The second-order valence-corrected chi connectivity index (χ2v) is 5.82. The van der Waals surface area contributed by atoms with Crippen molar-refractivity contribution in [3.8, 4) is 11.5 Å². The van der Waals surface area contributed by atoms with Crippen LogP contribution >= 0.6 is 27.5 Å². The molecular formula is C15H10BrClFNO3. The maximum atomic E-state index is 13.1. The Kier molecular flexibility index (Phi) is 4.22. The first-order chi connectivity index (χ1) is 10.5. The molecule has 0 aliphatic carbocycles. The Morgan fingerprint density at radius 1 is 1.18 bits per heavy atom. The van der Waals surface area contributed by atoms with E-state index >= 15 is 0 Å². The van der Waals surface area contributed by atoms with Gasteiger partial charge in [-0.15, -0.1) is 0 Å². The van der Waals surface area contributed by atoms with Crippen LogP contribution < -0.4 is 14.8 Å². The lowest BCUT2D eigenvalue weighted by Gasteiger charge is -2.20. The fourth-order valence-corrected chi connectivity index (χ4v) is 2.75. The maximum Gasteiger partial charge on any atom is 0.256 e. The Morgan fingerprint density at radius 3 is 2.55 bits per heavy atom. The molecule has 0 bridgehead atoms. The van der Waals surface area contributed by atoms with Gasteiger partial charge in [0.2, 0.25) is 0 Å². The first kappa shape index (κ1) is 15.1. The highest BCUT2D eigenvalue weighted by atomic mass is 79.9. The molecule has 2 aromatic carbocycles. The van der Waals surface area contributed by atoms with E-state index in [1.165, 1.54) is 18.2 Å². The van der Waals surface area contributed by atoms with Crippen molar-refractivity contribution >= 4 is 39.1 Å². The summed E-state index contributed by atoms with van der Waals surface area (Å²) >= 11 is 9.30. The van der Waals surface area contributed by atoms with Crippen LogP contribution in [0.25, 0.3) is 0 Å². The van der Waals surface area contributed by atoms with Gasteiger partial charge in [0.1, 0.15) is 19.0 Å². The third kappa shape index (κ3) is 3.03. The van der Waals surface area contributed by atoms with Crippen molar-refractivity contribution in [3.05, 3.63) is 51.2 Å². The highest BCUT2D eigenvalue weighted by molar-refractivity contribution is 9.10. The number of ether oxygens (including phenoxy) is 2. The molecule has 0 unspecified atom stereocenters. The largest absolute Gasteiger partial charge is 0.486 e. The number of nitrogens with one attached hydrogen (secondary N) is 1. The predicted octanol–water partition coefficient (Wildman–Crippen LogP) is 4.27. The number of carbonyl (C=O) groups excluding carboxylic acids is 1. The Morgan fingerprint density at radius 2 is 1.86 bits per heavy atom. The second kappa shape index (κ2) is 6.14. The SMILES string of the molecule is O=C(Nc1cc2c(cc1Cl)OCCO2)c1ccc(F)cc1Br. The highest BCUT2D eigenvalue weighted by Crippen LogP contribution is 2.38. The maximum absolute atomic E-state index is 13.1. The molecule has 4 nitrogen and oxygen atoms in total. The molecule has 0 spiro atoms. The number of rotatable bonds is 2. The summed E-state index contributed by atoms with van der Waals surface area (Å²) in [5, 5.41) is 3.01. The Hall–Kier alpha value is -1.79. The molecule has 0 saturated heterocycles. The fraction of sp³-hybridized carbons (Fsp3) is 0.133. The number of hydrogen-bond acceptors (Lipinski definition) is 3. The summed E-state index contributed by atoms with van der Waals surface area (Å²) < 4.78 is 24.3. The topological polar surface area (TPSA) is 47.6 Å². The van der Waals surface area contributed by atoms with Crippen LogP contribution in [0, 0.1) is 5.82 Å². The second-order valence-electron chi connectivity index (χ2n) is 4.55. The molecule has 0 aromatic heterocycles. The molecular weight excluding hydrogens is 377 g/mol. The van der Waals surface area contributed by atoms with Crippen LogP contribution in [0.1, 0.15) is 10.4 Å². The van der Waals surface area contributed by atoms with Gasteiger partial charge in [0.15, 0.2) is 11.5 Å². The predicted molar refractivity (Wildman–Crippen MR) is 84.5 cm³/mol. The van der Waals surface area contributed by atoms with Crippen molar-refractivity contribution in [2.45, 2.75) is 0 Å². The summed E-state index contributed by atoms with van der Waals surface area (Å²) in [5.74, 6) is 0.215. The number of anilines is 1. The average molecular weight is 387 g/mol. The molecule has 22 heavy (non-hydrogen) atoms. The van der Waals surface area contributed by atoms with Crippen molar-refractivity contribution in [2.24, 2.45) is 0 Å². The van der Waals surface area contributed by atoms with E-state index in [9.17, 15) is 9.18 Å². The zero-order valence-corrected chi connectivity index (χ0v) is 13.5. The van der Waals surface area contributed by atoms with Crippen LogP contribution in [-0.4, -0.2) is 19.1 Å². The Labute approximate surface area is 139 Å². The monoisotopic (exact) mass is 385 g/mol. The average Bonchev–Trinajstić information content (AvgIpc) is 2.47. The number of benzene rings is 2. The molecule has 0 atom stereocenters. The quantitative estimate of drug-likeness (QED) is 0.839. The lowest BCUT2D eigenvalue weighted by atomic mass is 10.2. The van der Waals surface area contributed by atoms with Gasteiger partial charge in [-0.1, -0.05) is 11.6 Å². The number of carbonyl (C=O) groups is 1. The molecule has 0 saturated carbocycles. The Balaban J connectivity index is 1.87. The van der Waals surface area contributed by atoms with E-state index in [-0.39, 0.29) is 0 Å². The lowest BCUT2D eigenvalue weighted by molar-refractivity contribution is 0.102. The van der Waals surface area contributed by atoms with Gasteiger partial charge in [-0.05, 0) is 34.1 Å². The summed E-state index contributed by atoms with van der Waals surface area (Å²) in [6.45, 7) is 0.892. The van der Waals surface area contributed by atoms with Gasteiger partial charge < -0.3 is 14.8 Å². The van der Waals surface area contributed by atoms with Crippen molar-refractivity contribution in [3.63, 3.8) is 0 Å². The van der Waals surface area contributed by atoms with E-state index in [2.05, 4.69) is 21.2 Å². The van der Waals surface area contributed by atoms with E-state index in [1.54, 1.807) is 12.1 Å². The van der Waals surface area contributed by atoms with Gasteiger partial charge in [-0.2, -0.15) is 0 Å². The zero-order valence-electron chi connectivity index (χ0n) is 11.2. The first-order valence-corrected chi connectivity index (χ1v) is 7.57. The van der Waals surface area contributed by atoms with Crippen molar-refractivity contribution in [1.82, 2.24) is 0 Å². The van der Waals surface area contributed by atoms with E-state index in [0.29, 0.717) is 45.5 Å². The molecule has 2 aromatic rings. The summed E-state index contributed by atoms with van der Waals surface area (Å²) in [6.07, 6.45) is 0. The van der Waals surface area contributed by atoms with Crippen LogP contribution in [0.2, 0.25) is 5.02 Å². The normalized spacial score (nSPS) is 12.9. The molecule has 0 radical (unpaired) electrons. The Bertz CT molecular complexity index is 754. The van der Waals surface area contributed by atoms with E-state index < -0.39 is 11.7 Å². The van der Waals surface area contributed by atoms with Crippen LogP contribution in [0.15, 0.2) is 34.8 Å². The standard InChI is InChI=1S/C15H10BrClFNO3/c16-10-5-8(18)1-2-9(10)15(20)19-12-7-14-13(6-11(12)17)21-3-4-22-14/h1-2,5-7H,3-4H2,(H,19,20). The zero-order chi connectivity index (χ0) is 15.7. The molecule has 1 amide bonds. The molecule has 3 rings (SSSR count). The molecule has 1 N–H and O–H groups in total. The minimum Gasteiger partial charge on any atom is -0.486 e. The lowest BCUT2D eigenvalue weighted by Crippen LogP contribution is -2.17. The van der Waals surface area contributed by atoms with Gasteiger partial charge in [0, 0.05) is 16.6 Å². The number of halogens is 3. The third-order valence-corrected chi connectivity index (χ3v) is 4.02. The van der Waals surface area contributed by atoms with Crippen LogP contribution in [0.5, 0.6) is 11.5 Å². The van der Waals surface area contributed by atoms with Gasteiger partial charge in [0.25, 0.3) is 5.91 Å². The number of hydrogen-bond donors (Lipinski definition) is 1. The van der Waals surface area contributed by atoms with E-state index in [4.69, 9.17) is 21.1 Å². The third-order valence-electron chi connectivity index (χ3n) is 3.06. The van der Waals surface area contributed by atoms with Crippen LogP contribution in [0.4, 0.5) is 10.1 Å². The first-order valence-electron chi connectivity index (χ1n) is 6.40. The van der Waals surface area contributed by atoms with Crippen LogP contribution in [0.3, 0.4) is 0 Å². The summed E-state index contributed by atoms with van der Waals surface area (Å²) in [4.78, 5) is 12.3. The number of amides is 1. The molecule has 7 heteroatoms. The fourth-order valence-electron chi connectivity index (χ4n) is 2.02. The van der Waals surface area contributed by atoms with Crippen molar-refractivity contribution < 1.29 is 18.7 Å². The molecule has 1 heterocycles.